The van der Waals surface area contributed by atoms with Gasteiger partial charge in [-0.1, -0.05) is 0 Å². The number of hydrogen-bond donors (Lipinski definition) is 1. The van der Waals surface area contributed by atoms with Crippen LogP contribution >= 0.6 is 0 Å². The SMILES string of the molecule is Cc1cc(C(F)(F)F)cc(N2C(=O)C[C@H](COS(C)(=O)=O)[C@H]2C(=O)O)n1. The van der Waals surface area contributed by atoms with Gasteiger partial charge in [0, 0.05) is 18.0 Å². The summed E-state index contributed by atoms with van der Waals surface area (Å²) in [4.78, 5) is 28.3. The van der Waals surface area contributed by atoms with Gasteiger partial charge in [0.25, 0.3) is 10.1 Å². The zero-order chi connectivity index (χ0) is 19.9. The molecule has 1 saturated heterocycles. The topological polar surface area (TPSA) is 114 Å². The Labute approximate surface area is 146 Å². The van der Waals surface area contributed by atoms with Gasteiger partial charge in [-0.05, 0) is 19.1 Å². The number of pyridine rings is 1. The number of carboxylic acids is 1. The lowest BCUT2D eigenvalue weighted by molar-refractivity contribution is -0.140. The number of anilines is 1. The maximum absolute atomic E-state index is 13.0. The average Bonchev–Trinajstić information content (AvgIpc) is 2.79. The molecule has 12 heteroatoms. The molecule has 0 radical (unpaired) electrons. The highest BCUT2D eigenvalue weighted by molar-refractivity contribution is 7.85. The molecular weight excluding hydrogens is 381 g/mol. The smallest absolute Gasteiger partial charge is 0.416 e. The highest BCUT2D eigenvalue weighted by Crippen LogP contribution is 2.35. The van der Waals surface area contributed by atoms with Crippen LogP contribution < -0.4 is 4.90 Å². The molecule has 26 heavy (non-hydrogen) atoms. The van der Waals surface area contributed by atoms with E-state index in [1.165, 1.54) is 6.92 Å². The molecule has 1 aliphatic rings. The molecule has 1 N–H and O–H groups in total. The summed E-state index contributed by atoms with van der Waals surface area (Å²) in [5.41, 5.74) is -1.13. The minimum Gasteiger partial charge on any atom is -0.480 e. The maximum atomic E-state index is 13.0. The molecule has 1 amide bonds. The van der Waals surface area contributed by atoms with Gasteiger partial charge in [0.15, 0.2) is 0 Å². The summed E-state index contributed by atoms with van der Waals surface area (Å²) in [5, 5.41) is 9.41. The van der Waals surface area contributed by atoms with E-state index in [-0.39, 0.29) is 5.69 Å². The molecule has 1 aromatic rings. The molecule has 2 rings (SSSR count). The average molecular weight is 396 g/mol. The van der Waals surface area contributed by atoms with E-state index in [4.69, 9.17) is 0 Å². The van der Waals surface area contributed by atoms with E-state index >= 15 is 0 Å². The van der Waals surface area contributed by atoms with Crippen LogP contribution in [-0.2, 0) is 30.1 Å². The first kappa shape index (κ1) is 20.1. The Balaban J connectivity index is 2.43. The molecule has 1 aromatic heterocycles. The van der Waals surface area contributed by atoms with Crippen molar-refractivity contribution in [3.8, 4) is 0 Å². The van der Waals surface area contributed by atoms with Crippen molar-refractivity contribution < 1.29 is 40.5 Å². The number of alkyl halides is 3. The molecular formula is C14H15F3N2O6S. The summed E-state index contributed by atoms with van der Waals surface area (Å²) >= 11 is 0. The van der Waals surface area contributed by atoms with E-state index in [2.05, 4.69) is 9.17 Å². The number of amides is 1. The number of nitrogens with zero attached hydrogens (tertiary/aromatic N) is 2. The van der Waals surface area contributed by atoms with E-state index in [0.29, 0.717) is 11.0 Å². The van der Waals surface area contributed by atoms with Gasteiger partial charge < -0.3 is 5.11 Å². The summed E-state index contributed by atoms with van der Waals surface area (Å²) in [6.45, 7) is 0.690. The minimum absolute atomic E-state index is 0.0531. The van der Waals surface area contributed by atoms with Crippen LogP contribution in [0.2, 0.25) is 0 Å². The molecule has 0 aromatic carbocycles. The standard InChI is InChI=1S/C14H15F3N2O6S/c1-7-3-9(14(15,16)17)5-10(18-7)19-11(20)4-8(12(19)13(21)22)6-25-26(2,23)24/h3,5,8,12H,4,6H2,1-2H3,(H,21,22)/t8-,12+/m1/s1. The van der Waals surface area contributed by atoms with Crippen LogP contribution in [0.15, 0.2) is 12.1 Å². The van der Waals surface area contributed by atoms with Crippen LogP contribution in [0.5, 0.6) is 0 Å². The van der Waals surface area contributed by atoms with Crippen molar-refractivity contribution in [2.45, 2.75) is 25.6 Å². The fourth-order valence-corrected chi connectivity index (χ4v) is 3.10. The quantitative estimate of drug-likeness (QED) is 0.744. The normalized spacial score (nSPS) is 21.3. The molecule has 144 valence electrons. The van der Waals surface area contributed by atoms with E-state index in [1.807, 2.05) is 0 Å². The number of hydrogen-bond acceptors (Lipinski definition) is 6. The van der Waals surface area contributed by atoms with Gasteiger partial charge in [-0.25, -0.2) is 9.78 Å². The van der Waals surface area contributed by atoms with Gasteiger partial charge in [-0.3, -0.25) is 13.9 Å². The maximum Gasteiger partial charge on any atom is 0.416 e. The van der Waals surface area contributed by atoms with Gasteiger partial charge in [-0.2, -0.15) is 21.6 Å². The van der Waals surface area contributed by atoms with E-state index in [0.717, 1.165) is 12.3 Å². The first-order chi connectivity index (χ1) is 11.8. The molecule has 8 nitrogen and oxygen atoms in total. The lowest BCUT2D eigenvalue weighted by Crippen LogP contribution is -2.43. The second-order valence-corrected chi connectivity index (χ2v) is 7.50. The molecule has 0 unspecified atom stereocenters. The third kappa shape index (κ3) is 4.49. The lowest BCUT2D eigenvalue weighted by atomic mass is 10.0. The number of halogens is 3. The first-order valence-electron chi connectivity index (χ1n) is 7.25. The lowest BCUT2D eigenvalue weighted by Gasteiger charge is -2.24. The molecule has 2 heterocycles. The first-order valence-corrected chi connectivity index (χ1v) is 9.06. The second-order valence-electron chi connectivity index (χ2n) is 5.85. The number of aromatic nitrogens is 1. The van der Waals surface area contributed by atoms with Gasteiger partial charge in [-0.15, -0.1) is 0 Å². The van der Waals surface area contributed by atoms with Gasteiger partial charge in [0.2, 0.25) is 5.91 Å². The zero-order valence-electron chi connectivity index (χ0n) is 13.6. The molecule has 0 bridgehead atoms. The van der Waals surface area contributed by atoms with E-state index in [1.54, 1.807) is 0 Å². The van der Waals surface area contributed by atoms with Crippen molar-refractivity contribution >= 4 is 27.8 Å². The van der Waals surface area contributed by atoms with Crippen LogP contribution in [0.4, 0.5) is 19.0 Å². The molecule has 2 atom stereocenters. The summed E-state index contributed by atoms with van der Waals surface area (Å²) in [6.07, 6.45) is -4.35. The van der Waals surface area contributed by atoms with Gasteiger partial charge in [0.1, 0.15) is 11.9 Å². The van der Waals surface area contributed by atoms with Crippen LogP contribution in [0.3, 0.4) is 0 Å². The van der Waals surface area contributed by atoms with Gasteiger partial charge >= 0.3 is 12.1 Å². The van der Waals surface area contributed by atoms with Crippen molar-refractivity contribution in [2.75, 3.05) is 17.8 Å². The van der Waals surface area contributed by atoms with Crippen molar-refractivity contribution in [1.29, 1.82) is 0 Å². The van der Waals surface area contributed by atoms with Gasteiger partial charge in [0.05, 0.1) is 18.4 Å². The molecule has 1 aliphatic heterocycles. The fraction of sp³-hybridized carbons (Fsp3) is 0.500. The monoisotopic (exact) mass is 396 g/mol. The molecule has 0 spiro atoms. The van der Waals surface area contributed by atoms with Crippen LogP contribution in [0, 0.1) is 12.8 Å². The zero-order valence-corrected chi connectivity index (χ0v) is 14.5. The third-order valence-corrected chi connectivity index (χ3v) is 4.26. The van der Waals surface area contributed by atoms with Crippen molar-refractivity contribution in [3.05, 3.63) is 23.4 Å². The van der Waals surface area contributed by atoms with Crippen LogP contribution in [0.25, 0.3) is 0 Å². The highest BCUT2D eigenvalue weighted by atomic mass is 32.2. The minimum atomic E-state index is -4.71. The number of aliphatic carboxylic acids is 1. The number of rotatable bonds is 5. The highest BCUT2D eigenvalue weighted by Gasteiger charge is 2.47. The van der Waals surface area contributed by atoms with Crippen LogP contribution in [-0.4, -0.2) is 49.3 Å². The second kappa shape index (κ2) is 6.83. The van der Waals surface area contributed by atoms with Crippen LogP contribution in [0.1, 0.15) is 17.7 Å². The Morgan fingerprint density at radius 1 is 1.42 bits per heavy atom. The summed E-state index contributed by atoms with van der Waals surface area (Å²) in [6, 6.07) is -0.246. The third-order valence-electron chi connectivity index (χ3n) is 3.69. The Bertz CT molecular complexity index is 840. The molecule has 0 aliphatic carbocycles. The largest absolute Gasteiger partial charge is 0.480 e. The number of carbonyl (C=O) groups is 2. The predicted molar refractivity (Wildman–Crippen MR) is 81.8 cm³/mol. The summed E-state index contributed by atoms with van der Waals surface area (Å²) < 4.78 is 65.7. The van der Waals surface area contributed by atoms with Crippen molar-refractivity contribution in [1.82, 2.24) is 4.98 Å². The summed E-state index contributed by atoms with van der Waals surface area (Å²) in [7, 11) is -3.88. The predicted octanol–water partition coefficient (Wildman–Crippen LogP) is 1.19. The number of aryl methyl sites for hydroxylation is 1. The molecule has 1 fully saturated rings. The van der Waals surface area contributed by atoms with Crippen molar-refractivity contribution in [3.63, 3.8) is 0 Å². The van der Waals surface area contributed by atoms with Crippen molar-refractivity contribution in [2.24, 2.45) is 5.92 Å². The Morgan fingerprint density at radius 3 is 2.54 bits per heavy atom. The fourth-order valence-electron chi connectivity index (χ4n) is 2.68. The molecule has 0 saturated carbocycles. The summed E-state index contributed by atoms with van der Waals surface area (Å²) in [5.74, 6) is -3.82. The van der Waals surface area contributed by atoms with E-state index < -0.39 is 64.5 Å². The number of carboxylic acid groups (broad SMARTS) is 1. The Morgan fingerprint density at radius 2 is 2.04 bits per heavy atom. The number of carbonyl (C=O) groups excluding carboxylic acids is 1. The Hall–Kier alpha value is -2.21. The Kier molecular flexibility index (Phi) is 5.29. The van der Waals surface area contributed by atoms with E-state index in [9.17, 15) is 36.3 Å².